The second kappa shape index (κ2) is 3.19. The first kappa shape index (κ1) is 9.37. The maximum atomic E-state index is 5.22. The Kier molecular flexibility index (Phi) is 4.97. The van der Waals surface area contributed by atoms with Gasteiger partial charge in [0.1, 0.15) is 0 Å². The molecule has 34 valence electrons. The van der Waals surface area contributed by atoms with Gasteiger partial charge >= 0.3 is 26.5 Å². The third-order valence-corrected chi connectivity index (χ3v) is 0.622. The van der Waals surface area contributed by atoms with Crippen LogP contribution >= 0.6 is 0 Å². The minimum Gasteiger partial charge on any atom is -0.870 e. The van der Waals surface area contributed by atoms with Crippen LogP contribution in [-0.4, -0.2) is 18.8 Å². The van der Waals surface area contributed by atoms with Crippen LogP contribution in [0.5, 0.6) is 0 Å². The molecular weight excluding hydrogens is 78.8 g/mol. The second-order valence-electron chi connectivity index (χ2n) is 1.34. The van der Waals surface area contributed by atoms with Crippen LogP contribution in [0.15, 0.2) is 0 Å². The van der Waals surface area contributed by atoms with E-state index in [1.807, 2.05) is 0 Å². The fraction of sp³-hybridized carbons (Fsp3) is 1.00. The van der Waals surface area contributed by atoms with Crippen molar-refractivity contribution in [2.45, 2.75) is 18.7 Å². The molecule has 0 aromatic rings. The normalized spacial score (nSPS) is 17.7. The molecule has 2 nitrogen and oxygen atoms in total. The first-order valence-electron chi connectivity index (χ1n) is 1.65. The Bertz CT molecular complexity index is 28.0. The van der Waals surface area contributed by atoms with Gasteiger partial charge in [-0.3, -0.25) is 0 Å². The molecule has 1 fully saturated rings. The van der Waals surface area contributed by atoms with Gasteiger partial charge in [0, 0.05) is 0 Å². The molecule has 6 heavy (non-hydrogen) atoms. The Labute approximate surface area is 38.6 Å². The molecule has 0 radical (unpaired) electrons. The van der Waals surface area contributed by atoms with Gasteiger partial charge in [-0.15, -0.1) is 0 Å². The summed E-state index contributed by atoms with van der Waals surface area (Å²) in [4.78, 5) is 0. The maximum Gasteiger partial charge on any atom is -0.870 e. The van der Waals surface area contributed by atoms with Gasteiger partial charge in [0.25, 0.3) is 0 Å². The number of hydrogen-bond acceptors (Lipinski definition) is 2. The molecule has 0 unspecified atom stereocenters. The smallest absolute Gasteiger partial charge is 0.870 e. The molecule has 0 heterocycles. The van der Waals surface area contributed by atoms with Gasteiger partial charge in [0.2, 0.25) is 0 Å². The van der Waals surface area contributed by atoms with E-state index >= 15 is 0 Å². The first-order valence-corrected chi connectivity index (χ1v) is 1.65. The fourth-order valence-electron chi connectivity index (χ4n) is 0.0962. The quantitative estimate of drug-likeness (QED) is 0.400. The molecule has 0 spiro atoms. The van der Waals surface area contributed by atoms with Gasteiger partial charge < -0.3 is 11.0 Å². The molecule has 1 saturated carbocycles. The van der Waals surface area contributed by atoms with Crippen molar-refractivity contribution >= 4 is 7.85 Å². The average Bonchev–Trinajstić information content (AvgIpc) is 1.75. The minimum atomic E-state index is 0. The summed E-state index contributed by atoms with van der Waals surface area (Å²) in [6, 6.07) is 0. The van der Waals surface area contributed by atoms with Crippen molar-refractivity contribution in [1.29, 1.82) is 0 Å². The summed E-state index contributed by atoms with van der Waals surface area (Å²) in [5, 5.41) is 0. The van der Waals surface area contributed by atoms with Crippen molar-refractivity contribution in [3.63, 3.8) is 0 Å². The molecule has 0 aromatic carbocycles. The Morgan fingerprint density at radius 3 is 1.33 bits per heavy atom. The molecule has 3 heteroatoms. The monoisotopic (exact) mass is 86.1 g/mol. The molecule has 0 saturated heterocycles. The van der Waals surface area contributed by atoms with E-state index < -0.39 is 0 Å². The van der Waals surface area contributed by atoms with Crippen LogP contribution in [0.2, 0.25) is 5.82 Å². The van der Waals surface area contributed by atoms with Crippen molar-refractivity contribution < 1.29 is 11.0 Å². The SMILES string of the molecule is [B+2]C1CC1.[OH-].[OH-]. The second-order valence-corrected chi connectivity index (χ2v) is 1.34. The van der Waals surface area contributed by atoms with Crippen molar-refractivity contribution in [2.24, 2.45) is 0 Å². The summed E-state index contributed by atoms with van der Waals surface area (Å²) in [5.41, 5.74) is 0. The molecule has 0 aromatic heterocycles. The zero-order valence-corrected chi connectivity index (χ0v) is 3.46. The Balaban J connectivity index is 0. The standard InChI is InChI=1S/C3H5B.2H2O/c4-3-1-2-3;;/h3H,1-2H2;2*1H2/q+2;;/p-2. The Morgan fingerprint density at radius 1 is 1.17 bits per heavy atom. The zero-order valence-electron chi connectivity index (χ0n) is 3.46. The van der Waals surface area contributed by atoms with Crippen LogP contribution in [0, 0.1) is 0 Å². The van der Waals surface area contributed by atoms with Gasteiger partial charge in [-0.2, -0.15) is 0 Å². The van der Waals surface area contributed by atoms with Crippen LogP contribution in [-0.2, 0) is 0 Å². The van der Waals surface area contributed by atoms with Gasteiger partial charge in [0.15, 0.2) is 0 Å². The summed E-state index contributed by atoms with van der Waals surface area (Å²) in [6.45, 7) is 0. The van der Waals surface area contributed by atoms with Crippen molar-refractivity contribution in [2.75, 3.05) is 0 Å². The van der Waals surface area contributed by atoms with E-state index in [0.29, 0.717) is 5.82 Å². The number of rotatable bonds is 0. The third kappa shape index (κ3) is 3.98. The summed E-state index contributed by atoms with van der Waals surface area (Å²) in [7, 11) is 5.22. The molecule has 0 aliphatic heterocycles. The van der Waals surface area contributed by atoms with Crippen LogP contribution in [0.4, 0.5) is 0 Å². The van der Waals surface area contributed by atoms with Crippen molar-refractivity contribution in [1.82, 2.24) is 0 Å². The van der Waals surface area contributed by atoms with E-state index in [-0.39, 0.29) is 11.0 Å². The van der Waals surface area contributed by atoms with Crippen LogP contribution in [0.3, 0.4) is 0 Å². The largest absolute Gasteiger partial charge is 0.870 e. The predicted octanol–water partition coefficient (Wildman–Crippen LogP) is 0.384. The molecule has 1 aliphatic rings. The van der Waals surface area contributed by atoms with E-state index in [1.54, 1.807) is 0 Å². The van der Waals surface area contributed by atoms with Crippen LogP contribution in [0.1, 0.15) is 12.8 Å². The van der Waals surface area contributed by atoms with Gasteiger partial charge in [-0.25, -0.2) is 0 Å². The Hall–Kier alpha value is -0.0151. The summed E-state index contributed by atoms with van der Waals surface area (Å²) in [6.07, 6.45) is 2.53. The van der Waals surface area contributed by atoms with Gasteiger partial charge in [-0.1, -0.05) is 0 Å². The molecule has 2 N–H and O–H groups in total. The summed E-state index contributed by atoms with van der Waals surface area (Å²) in [5.74, 6) is 0.583. The number of hydrogen-bond donors (Lipinski definition) is 0. The molecule has 1 aliphatic carbocycles. The fourth-order valence-corrected chi connectivity index (χ4v) is 0.0962. The molecule has 0 bridgehead atoms. The average molecular weight is 85.9 g/mol. The molecular formula is C3H7BO2. The molecule has 1 rings (SSSR count). The van der Waals surface area contributed by atoms with Crippen molar-refractivity contribution in [3.8, 4) is 0 Å². The summed E-state index contributed by atoms with van der Waals surface area (Å²) < 4.78 is 0. The van der Waals surface area contributed by atoms with E-state index in [2.05, 4.69) is 0 Å². The third-order valence-electron chi connectivity index (χ3n) is 0.622. The molecule has 0 amide bonds. The van der Waals surface area contributed by atoms with Crippen LogP contribution in [0.25, 0.3) is 0 Å². The summed E-state index contributed by atoms with van der Waals surface area (Å²) >= 11 is 0. The van der Waals surface area contributed by atoms with E-state index in [4.69, 9.17) is 7.85 Å². The first-order chi connectivity index (χ1) is 1.89. The maximum absolute atomic E-state index is 5.22. The molecule has 0 atom stereocenters. The predicted molar refractivity (Wildman–Crippen MR) is 22.6 cm³/mol. The van der Waals surface area contributed by atoms with E-state index in [9.17, 15) is 0 Å². The zero-order chi connectivity index (χ0) is 2.99. The van der Waals surface area contributed by atoms with E-state index in [0.717, 1.165) is 0 Å². The Morgan fingerprint density at radius 2 is 1.33 bits per heavy atom. The van der Waals surface area contributed by atoms with Gasteiger partial charge in [0.05, 0.1) is 0 Å². The van der Waals surface area contributed by atoms with Crippen molar-refractivity contribution in [3.05, 3.63) is 0 Å². The minimum absolute atomic E-state index is 0. The van der Waals surface area contributed by atoms with Gasteiger partial charge in [-0.05, 0) is 0 Å². The van der Waals surface area contributed by atoms with Crippen LogP contribution < -0.4 is 0 Å². The topological polar surface area (TPSA) is 60.0 Å². The van der Waals surface area contributed by atoms with E-state index in [1.165, 1.54) is 12.8 Å².